The number of carbonyl (C=O) groups excluding carboxylic acids is 7. The molecule has 0 bridgehead atoms. The number of carbonyl (C=O) groups is 7. The zero-order chi connectivity index (χ0) is 54.5. The Morgan fingerprint density at radius 1 is 0.622 bits per heavy atom. The van der Waals surface area contributed by atoms with Gasteiger partial charge in [-0.15, -0.1) is 0 Å². The molecule has 2 heterocycles. The predicted molar refractivity (Wildman–Crippen MR) is 264 cm³/mol. The Bertz CT molecular complexity index is 2170. The number of nitrogens with one attached hydrogen (secondary N) is 1. The first-order valence-corrected chi connectivity index (χ1v) is 26.9. The van der Waals surface area contributed by atoms with Crippen molar-refractivity contribution in [1.29, 1.82) is 0 Å². The van der Waals surface area contributed by atoms with Crippen LogP contribution < -0.4 is 11.1 Å². The first-order chi connectivity index (χ1) is 34.7. The second-order valence-electron chi connectivity index (χ2n) is 23.8. The maximum Gasteiger partial charge on any atom is 0.303 e. The van der Waals surface area contributed by atoms with Crippen LogP contribution in [-0.2, 0) is 80.9 Å². The Morgan fingerprint density at radius 3 is 1.85 bits per heavy atom. The highest BCUT2D eigenvalue weighted by molar-refractivity contribution is 5.84. The van der Waals surface area contributed by atoms with Crippen LogP contribution in [0.25, 0.3) is 0 Å². The summed E-state index contributed by atoms with van der Waals surface area (Å²) in [5.41, 5.74) is 5.35. The number of fused-ring (bicyclic) bond motifs is 7. The number of amides is 1. The molecular weight excluding hydrogens is 961 g/mol. The van der Waals surface area contributed by atoms with Crippen molar-refractivity contribution >= 4 is 41.7 Å². The second-order valence-corrected chi connectivity index (χ2v) is 23.8. The van der Waals surface area contributed by atoms with Gasteiger partial charge in [0.05, 0.1) is 30.8 Å². The van der Waals surface area contributed by atoms with Gasteiger partial charge in [-0.25, -0.2) is 0 Å². The van der Waals surface area contributed by atoms with Crippen LogP contribution in [0.15, 0.2) is 12.2 Å². The van der Waals surface area contributed by atoms with Gasteiger partial charge in [0.15, 0.2) is 49.2 Å². The molecule has 2 unspecified atom stereocenters. The molecule has 0 aromatic rings. The van der Waals surface area contributed by atoms with Gasteiger partial charge in [-0.1, -0.05) is 39.8 Å². The molecule has 2 saturated heterocycles. The first kappa shape index (κ1) is 57.5. The third-order valence-corrected chi connectivity index (χ3v) is 19.5. The molecule has 5 saturated carbocycles. The molecule has 2 aliphatic heterocycles. The van der Waals surface area contributed by atoms with Crippen LogP contribution in [-0.4, -0.2) is 129 Å². The molecule has 19 nitrogen and oxygen atoms in total. The SMILES string of the molecule is C=C(C)[C@@H]1CC[C@]2(C(=O)NCCN)CC[C@]3(C)C(CC[C@@H]4[C@@]5(C)CC[C@H](O[C@@H]6OC[C@H](OC(C)=O)[C@H](OC(C)=O)[C@H]6O[C@@H]6O[C@@H](C)[C@H](OC(C)=O)[C@@H](OC(C)=O)[C@H]6OC(C)=O)C(C)(COC(C)=O)[C@@H]5CC[C@]43C)[C@@H]12. The van der Waals surface area contributed by atoms with Gasteiger partial charge in [0, 0.05) is 60.0 Å². The van der Waals surface area contributed by atoms with E-state index < -0.39 is 108 Å². The molecule has 20 atom stereocenters. The molecule has 7 aliphatic rings. The van der Waals surface area contributed by atoms with Crippen LogP contribution in [0.3, 0.4) is 0 Å². The molecule has 416 valence electrons. The quantitative estimate of drug-likeness (QED) is 0.0852. The van der Waals surface area contributed by atoms with Crippen molar-refractivity contribution in [2.45, 2.75) is 209 Å². The summed E-state index contributed by atoms with van der Waals surface area (Å²) in [6.45, 7) is 25.5. The lowest BCUT2D eigenvalue weighted by molar-refractivity contribution is -0.367. The van der Waals surface area contributed by atoms with Crippen molar-refractivity contribution in [3.05, 3.63) is 12.2 Å². The molecular formula is C55H84N2O17. The van der Waals surface area contributed by atoms with E-state index in [-0.39, 0.29) is 59.0 Å². The Balaban J connectivity index is 1.24. The van der Waals surface area contributed by atoms with Crippen molar-refractivity contribution in [3.8, 4) is 0 Å². The molecule has 7 fully saturated rings. The van der Waals surface area contributed by atoms with E-state index >= 15 is 0 Å². The van der Waals surface area contributed by atoms with Gasteiger partial charge in [0.1, 0.15) is 0 Å². The van der Waals surface area contributed by atoms with Gasteiger partial charge < -0.3 is 58.4 Å². The highest BCUT2D eigenvalue weighted by Crippen LogP contribution is 2.77. The minimum Gasteiger partial charge on any atom is -0.465 e. The number of hydrogen-bond donors (Lipinski definition) is 2. The van der Waals surface area contributed by atoms with Gasteiger partial charge >= 0.3 is 35.8 Å². The van der Waals surface area contributed by atoms with Gasteiger partial charge in [-0.3, -0.25) is 33.6 Å². The zero-order valence-electron chi connectivity index (χ0n) is 45.8. The summed E-state index contributed by atoms with van der Waals surface area (Å²) in [6.07, 6.45) is -4.41. The lowest BCUT2D eigenvalue weighted by Gasteiger charge is -2.73. The molecule has 3 N–H and O–H groups in total. The average molecular weight is 1050 g/mol. The van der Waals surface area contributed by atoms with Gasteiger partial charge in [-0.05, 0) is 124 Å². The van der Waals surface area contributed by atoms with Crippen molar-refractivity contribution < 1.29 is 80.9 Å². The van der Waals surface area contributed by atoms with Crippen LogP contribution in [0.2, 0.25) is 0 Å². The first-order valence-electron chi connectivity index (χ1n) is 26.9. The minimum atomic E-state index is -1.59. The third-order valence-electron chi connectivity index (χ3n) is 19.5. The fourth-order valence-electron chi connectivity index (χ4n) is 16.4. The second kappa shape index (κ2) is 22.1. The Labute approximate surface area is 436 Å². The number of ether oxygens (including phenoxy) is 10. The lowest BCUT2D eigenvalue weighted by Crippen LogP contribution is -2.69. The minimum absolute atomic E-state index is 0.0229. The summed E-state index contributed by atoms with van der Waals surface area (Å²) in [7, 11) is 0. The fourth-order valence-corrected chi connectivity index (χ4v) is 16.4. The van der Waals surface area contributed by atoms with Crippen molar-refractivity contribution in [1.82, 2.24) is 5.32 Å². The van der Waals surface area contributed by atoms with E-state index in [0.29, 0.717) is 25.4 Å². The van der Waals surface area contributed by atoms with Crippen LogP contribution in [0.5, 0.6) is 0 Å². The molecule has 74 heavy (non-hydrogen) atoms. The van der Waals surface area contributed by atoms with E-state index in [1.807, 2.05) is 0 Å². The summed E-state index contributed by atoms with van der Waals surface area (Å²) in [6, 6.07) is 0. The van der Waals surface area contributed by atoms with Gasteiger partial charge in [0.2, 0.25) is 5.91 Å². The normalized spacial score (nSPS) is 43.3. The van der Waals surface area contributed by atoms with Gasteiger partial charge in [0.25, 0.3) is 0 Å². The lowest BCUT2D eigenvalue weighted by atomic mass is 9.32. The standard InChI is InChI=1S/C55H84N2O17/c1-28(2)36-16-21-55(50(64)57-25-24-56)23-22-53(12)37(42(36)55)14-15-40-51(10)19-18-41(52(11,27-66-30(4)58)39(51)17-20-54(40,53)13)73-48-46(44(70-33(7)61)38(26-65-48)68-31(5)59)74-49-47(72-35(9)63)45(71-34(8)62)43(29(3)67-49)69-32(6)60/h29,36-49H,1,14-27,56H2,2-13H3,(H,57,64)/t29-,36-,37?,38-,39+,40+,41-,42+,43-,44-,45+,46+,47+,48-,49-,51-,52?,53+,54+,55-/m0/s1. The summed E-state index contributed by atoms with van der Waals surface area (Å²) in [4.78, 5) is 90.3. The Hall–Kier alpha value is -4.17. The number of rotatable bonds is 15. The average Bonchev–Trinajstić information content (AvgIpc) is 3.71. The van der Waals surface area contributed by atoms with E-state index in [9.17, 15) is 33.6 Å². The predicted octanol–water partition coefficient (Wildman–Crippen LogP) is 5.79. The van der Waals surface area contributed by atoms with Crippen LogP contribution in [0.1, 0.15) is 147 Å². The third kappa shape index (κ3) is 10.5. The monoisotopic (exact) mass is 1040 g/mol. The Morgan fingerprint density at radius 2 is 1.24 bits per heavy atom. The van der Waals surface area contributed by atoms with E-state index in [0.717, 1.165) is 77.2 Å². The molecule has 5 aliphatic carbocycles. The maximum absolute atomic E-state index is 14.3. The Kier molecular flexibility index (Phi) is 17.1. The molecule has 0 radical (unpaired) electrons. The summed E-state index contributed by atoms with van der Waals surface area (Å²) in [5.74, 6) is -3.05. The maximum atomic E-state index is 14.3. The largest absolute Gasteiger partial charge is 0.465 e. The highest BCUT2D eigenvalue weighted by Gasteiger charge is 2.73. The van der Waals surface area contributed by atoms with Crippen molar-refractivity contribution in [3.63, 3.8) is 0 Å². The highest BCUT2D eigenvalue weighted by atomic mass is 16.8. The van der Waals surface area contributed by atoms with Crippen molar-refractivity contribution in [2.75, 3.05) is 26.3 Å². The number of hydrogen-bond acceptors (Lipinski definition) is 18. The van der Waals surface area contributed by atoms with Crippen molar-refractivity contribution in [2.24, 2.45) is 62.4 Å². The topological polar surface area (TPSA) is 250 Å². The number of esters is 6. The molecule has 0 aromatic heterocycles. The fraction of sp³-hybridized carbons (Fsp3) is 0.836. The summed E-state index contributed by atoms with van der Waals surface area (Å²) in [5, 5.41) is 3.22. The van der Waals surface area contributed by atoms with Crippen LogP contribution >= 0.6 is 0 Å². The molecule has 7 rings (SSSR count). The van der Waals surface area contributed by atoms with E-state index in [4.69, 9.17) is 53.1 Å². The molecule has 0 spiro atoms. The number of nitrogens with two attached hydrogens (primary N) is 1. The van der Waals surface area contributed by atoms with Crippen LogP contribution in [0.4, 0.5) is 0 Å². The van der Waals surface area contributed by atoms with Crippen LogP contribution in [0, 0.1) is 56.7 Å². The van der Waals surface area contributed by atoms with E-state index in [1.165, 1.54) is 27.7 Å². The molecule has 0 aromatic carbocycles. The zero-order valence-corrected chi connectivity index (χ0v) is 45.8. The van der Waals surface area contributed by atoms with E-state index in [2.05, 4.69) is 46.5 Å². The number of allylic oxidation sites excluding steroid dienone is 1. The smallest absolute Gasteiger partial charge is 0.303 e. The summed E-state index contributed by atoms with van der Waals surface area (Å²) < 4.78 is 61.1. The molecule has 1 amide bonds. The van der Waals surface area contributed by atoms with E-state index in [1.54, 1.807) is 6.92 Å². The summed E-state index contributed by atoms with van der Waals surface area (Å²) >= 11 is 0. The van der Waals surface area contributed by atoms with Gasteiger partial charge in [-0.2, -0.15) is 0 Å². The molecule has 19 heteroatoms.